The van der Waals surface area contributed by atoms with E-state index in [9.17, 15) is 9.18 Å². The van der Waals surface area contributed by atoms with Crippen LogP contribution in [0.3, 0.4) is 0 Å². The number of rotatable bonds is 3. The van der Waals surface area contributed by atoms with Crippen LogP contribution in [-0.4, -0.2) is 5.91 Å². The monoisotopic (exact) mass is 219 g/mol. The normalized spacial score (nSPS) is 10.1. The molecule has 1 amide bonds. The van der Waals surface area contributed by atoms with Gasteiger partial charge >= 0.3 is 0 Å². The third-order valence-corrected chi connectivity index (χ3v) is 2.14. The molecule has 0 saturated carbocycles. The first-order valence-corrected chi connectivity index (χ1v) is 4.80. The van der Waals surface area contributed by atoms with Crippen molar-refractivity contribution in [3.05, 3.63) is 59.8 Å². The molecule has 0 bridgehead atoms. The summed E-state index contributed by atoms with van der Waals surface area (Å²) >= 11 is 0. The summed E-state index contributed by atoms with van der Waals surface area (Å²) in [6, 6.07) is 7.17. The van der Waals surface area contributed by atoms with Crippen molar-refractivity contribution in [2.45, 2.75) is 6.54 Å². The zero-order valence-corrected chi connectivity index (χ0v) is 8.44. The fraction of sp³-hybridized carbons (Fsp3) is 0.0833. The van der Waals surface area contributed by atoms with Crippen LogP contribution in [0.15, 0.2) is 47.3 Å². The maximum Gasteiger partial charge on any atom is 0.251 e. The lowest BCUT2D eigenvalue weighted by Gasteiger charge is -2.02. The molecule has 16 heavy (non-hydrogen) atoms. The highest BCUT2D eigenvalue weighted by Gasteiger charge is 2.05. The van der Waals surface area contributed by atoms with Crippen LogP contribution in [0.5, 0.6) is 0 Å². The highest BCUT2D eigenvalue weighted by Crippen LogP contribution is 2.04. The van der Waals surface area contributed by atoms with Gasteiger partial charge in [-0.05, 0) is 30.3 Å². The summed E-state index contributed by atoms with van der Waals surface area (Å²) in [6.45, 7) is 0.396. The van der Waals surface area contributed by atoms with Crippen LogP contribution in [0.25, 0.3) is 0 Å². The van der Waals surface area contributed by atoms with E-state index < -0.39 is 0 Å². The third kappa shape index (κ3) is 2.48. The number of carbonyl (C=O) groups excluding carboxylic acids is 1. The molecule has 1 N–H and O–H groups in total. The summed E-state index contributed by atoms with van der Waals surface area (Å²) in [5, 5.41) is 2.70. The molecule has 0 aliphatic heterocycles. The number of amides is 1. The van der Waals surface area contributed by atoms with E-state index in [4.69, 9.17) is 4.42 Å². The van der Waals surface area contributed by atoms with Crippen molar-refractivity contribution in [3.63, 3.8) is 0 Å². The maximum atomic E-state index is 12.6. The number of furan rings is 1. The summed E-state index contributed by atoms with van der Waals surface area (Å²) in [5.41, 5.74) is 1.32. The molecule has 0 fully saturated rings. The first kappa shape index (κ1) is 10.4. The van der Waals surface area contributed by atoms with Gasteiger partial charge in [-0.25, -0.2) is 4.39 Å². The molecule has 4 heteroatoms. The number of benzene rings is 1. The minimum atomic E-state index is -0.355. The van der Waals surface area contributed by atoms with E-state index in [1.807, 2.05) is 0 Å². The second-order valence-corrected chi connectivity index (χ2v) is 3.32. The van der Waals surface area contributed by atoms with Crippen molar-refractivity contribution in [3.8, 4) is 0 Å². The SMILES string of the molecule is O=C(NCc1ccoc1)c1ccc(F)cc1. The molecule has 3 nitrogen and oxygen atoms in total. The van der Waals surface area contributed by atoms with Gasteiger partial charge in [0.2, 0.25) is 0 Å². The minimum Gasteiger partial charge on any atom is -0.472 e. The van der Waals surface area contributed by atoms with Crippen molar-refractivity contribution >= 4 is 5.91 Å². The molecule has 0 aliphatic carbocycles. The first-order chi connectivity index (χ1) is 7.75. The Morgan fingerprint density at radius 1 is 1.25 bits per heavy atom. The van der Waals surface area contributed by atoms with Crippen molar-refractivity contribution in [2.24, 2.45) is 0 Å². The minimum absolute atomic E-state index is 0.235. The van der Waals surface area contributed by atoms with E-state index >= 15 is 0 Å². The van der Waals surface area contributed by atoms with Gasteiger partial charge in [0.15, 0.2) is 0 Å². The highest BCUT2D eigenvalue weighted by molar-refractivity contribution is 5.94. The molecule has 0 aliphatic rings. The zero-order chi connectivity index (χ0) is 11.4. The van der Waals surface area contributed by atoms with E-state index in [-0.39, 0.29) is 11.7 Å². The molecule has 2 rings (SSSR count). The quantitative estimate of drug-likeness (QED) is 0.860. The Kier molecular flexibility index (Phi) is 3.00. The molecule has 1 aromatic carbocycles. The van der Waals surface area contributed by atoms with Gasteiger partial charge < -0.3 is 9.73 Å². The van der Waals surface area contributed by atoms with Gasteiger partial charge in [0.1, 0.15) is 5.82 Å². The molecule has 0 saturated heterocycles. The Morgan fingerprint density at radius 3 is 2.62 bits per heavy atom. The van der Waals surface area contributed by atoms with Crippen LogP contribution in [0.1, 0.15) is 15.9 Å². The second-order valence-electron chi connectivity index (χ2n) is 3.32. The summed E-state index contributed by atoms with van der Waals surface area (Å²) in [4.78, 5) is 11.6. The van der Waals surface area contributed by atoms with Gasteiger partial charge in [-0.3, -0.25) is 4.79 Å². The topological polar surface area (TPSA) is 42.2 Å². The fourth-order valence-electron chi connectivity index (χ4n) is 1.28. The van der Waals surface area contributed by atoms with Crippen LogP contribution in [-0.2, 0) is 6.54 Å². The number of hydrogen-bond acceptors (Lipinski definition) is 2. The van der Waals surface area contributed by atoms with Gasteiger partial charge in [0.25, 0.3) is 5.91 Å². The Balaban J connectivity index is 1.95. The Labute approximate surface area is 91.9 Å². The van der Waals surface area contributed by atoms with Crippen molar-refractivity contribution in [1.29, 1.82) is 0 Å². The summed E-state index contributed by atoms with van der Waals surface area (Å²) in [6.07, 6.45) is 3.10. The molecule has 0 radical (unpaired) electrons. The highest BCUT2D eigenvalue weighted by atomic mass is 19.1. The van der Waals surface area contributed by atoms with Gasteiger partial charge in [-0.1, -0.05) is 0 Å². The lowest BCUT2D eigenvalue weighted by atomic mass is 10.2. The predicted molar refractivity (Wildman–Crippen MR) is 56.3 cm³/mol. The van der Waals surface area contributed by atoms with Gasteiger partial charge in [-0.2, -0.15) is 0 Å². The third-order valence-electron chi connectivity index (χ3n) is 2.14. The Morgan fingerprint density at radius 2 is 2.00 bits per heavy atom. The standard InChI is InChI=1S/C12H10FNO2/c13-11-3-1-10(2-4-11)12(15)14-7-9-5-6-16-8-9/h1-6,8H,7H2,(H,14,15). The second kappa shape index (κ2) is 4.61. The van der Waals surface area contributed by atoms with Crippen LogP contribution in [0, 0.1) is 5.82 Å². The predicted octanol–water partition coefficient (Wildman–Crippen LogP) is 2.35. The molecule has 2 aromatic rings. The van der Waals surface area contributed by atoms with E-state index in [0.29, 0.717) is 12.1 Å². The van der Waals surface area contributed by atoms with Crippen molar-refractivity contribution in [1.82, 2.24) is 5.32 Å². The van der Waals surface area contributed by atoms with Gasteiger partial charge in [0, 0.05) is 17.7 Å². The number of hydrogen-bond donors (Lipinski definition) is 1. The summed E-state index contributed by atoms with van der Waals surface area (Å²) < 4.78 is 17.5. The average Bonchev–Trinajstić information content (AvgIpc) is 2.80. The molecule has 82 valence electrons. The molecule has 1 aromatic heterocycles. The lowest BCUT2D eigenvalue weighted by Crippen LogP contribution is -2.22. The summed E-state index contributed by atoms with van der Waals surface area (Å²) in [7, 11) is 0. The van der Waals surface area contributed by atoms with Gasteiger partial charge in [-0.15, -0.1) is 0 Å². The zero-order valence-electron chi connectivity index (χ0n) is 8.44. The van der Waals surface area contributed by atoms with Gasteiger partial charge in [0.05, 0.1) is 12.5 Å². The van der Waals surface area contributed by atoms with Crippen LogP contribution in [0.2, 0.25) is 0 Å². The number of nitrogens with one attached hydrogen (secondary N) is 1. The van der Waals surface area contributed by atoms with E-state index in [0.717, 1.165) is 5.56 Å². The van der Waals surface area contributed by atoms with E-state index in [1.54, 1.807) is 18.6 Å². The molecule has 1 heterocycles. The average molecular weight is 219 g/mol. The molecular weight excluding hydrogens is 209 g/mol. The maximum absolute atomic E-state index is 12.6. The molecule has 0 spiro atoms. The molecular formula is C12H10FNO2. The van der Waals surface area contributed by atoms with Crippen LogP contribution in [0.4, 0.5) is 4.39 Å². The number of halogens is 1. The first-order valence-electron chi connectivity index (χ1n) is 4.80. The smallest absolute Gasteiger partial charge is 0.251 e. The Hall–Kier alpha value is -2.10. The molecule has 0 atom stereocenters. The van der Waals surface area contributed by atoms with Crippen LogP contribution < -0.4 is 5.32 Å². The molecule has 0 unspecified atom stereocenters. The van der Waals surface area contributed by atoms with E-state index in [2.05, 4.69) is 5.32 Å². The number of carbonyl (C=O) groups is 1. The Bertz CT molecular complexity index is 462. The fourth-order valence-corrected chi connectivity index (χ4v) is 1.28. The largest absolute Gasteiger partial charge is 0.472 e. The van der Waals surface area contributed by atoms with Crippen molar-refractivity contribution < 1.29 is 13.6 Å². The van der Waals surface area contributed by atoms with E-state index in [1.165, 1.54) is 24.3 Å². The lowest BCUT2D eigenvalue weighted by molar-refractivity contribution is 0.0951. The summed E-state index contributed by atoms with van der Waals surface area (Å²) in [5.74, 6) is -0.590. The van der Waals surface area contributed by atoms with Crippen LogP contribution >= 0.6 is 0 Å². The van der Waals surface area contributed by atoms with Crippen molar-refractivity contribution in [2.75, 3.05) is 0 Å².